The van der Waals surface area contributed by atoms with Crippen molar-refractivity contribution < 1.29 is 13.9 Å². The van der Waals surface area contributed by atoms with E-state index in [0.717, 1.165) is 19.4 Å². The number of Topliss-reactive ketones (excluding diaryl/α,β-unsaturated/α-hetero) is 1. The molecule has 0 N–H and O–H groups in total. The predicted molar refractivity (Wildman–Crippen MR) is 74.5 cm³/mol. The van der Waals surface area contributed by atoms with E-state index in [0.29, 0.717) is 24.8 Å². The number of rotatable bonds is 3. The molecule has 0 bridgehead atoms. The van der Waals surface area contributed by atoms with E-state index in [2.05, 4.69) is 4.90 Å². The molecule has 1 aromatic rings. The smallest absolute Gasteiger partial charge is 0.167 e. The first kappa shape index (κ1) is 14.0. The van der Waals surface area contributed by atoms with Gasteiger partial charge in [-0.05, 0) is 31.0 Å². The van der Waals surface area contributed by atoms with E-state index < -0.39 is 11.9 Å². The van der Waals surface area contributed by atoms with Crippen LogP contribution in [0.4, 0.5) is 4.39 Å². The first-order valence-electron chi connectivity index (χ1n) is 6.96. The van der Waals surface area contributed by atoms with Crippen LogP contribution in [0.3, 0.4) is 0 Å². The first-order valence-corrected chi connectivity index (χ1v) is 7.34. The summed E-state index contributed by atoms with van der Waals surface area (Å²) >= 11 is 5.73. The summed E-state index contributed by atoms with van der Waals surface area (Å²) < 4.78 is 19.5. The van der Waals surface area contributed by atoms with Gasteiger partial charge in [0.25, 0.3) is 0 Å². The molecule has 0 radical (unpaired) electrons. The lowest BCUT2D eigenvalue weighted by Crippen LogP contribution is -2.49. The maximum absolute atomic E-state index is 13.8. The maximum Gasteiger partial charge on any atom is 0.167 e. The lowest BCUT2D eigenvalue weighted by atomic mass is 10.0. The third-order valence-corrected chi connectivity index (χ3v) is 4.44. The summed E-state index contributed by atoms with van der Waals surface area (Å²) in [5, 5.41) is 0.0551. The summed E-state index contributed by atoms with van der Waals surface area (Å²) in [6.45, 7) is 2.27. The van der Waals surface area contributed by atoms with Crippen molar-refractivity contribution in [1.29, 1.82) is 0 Å². The van der Waals surface area contributed by atoms with Crippen LogP contribution in [0.5, 0.6) is 0 Å². The Morgan fingerprint density at radius 3 is 3.20 bits per heavy atom. The Hall–Kier alpha value is -0.970. The summed E-state index contributed by atoms with van der Waals surface area (Å²) in [6.07, 6.45) is 1.90. The largest absolute Gasteiger partial charge is 0.367 e. The van der Waals surface area contributed by atoms with Crippen molar-refractivity contribution in [2.75, 3.05) is 19.7 Å². The highest BCUT2D eigenvalue weighted by Crippen LogP contribution is 2.24. The zero-order valence-corrected chi connectivity index (χ0v) is 11.9. The van der Waals surface area contributed by atoms with Crippen LogP contribution >= 0.6 is 11.6 Å². The minimum absolute atomic E-state index is 0.0373. The fraction of sp³-hybridized carbons (Fsp3) is 0.533. The molecule has 2 atom stereocenters. The molecule has 2 saturated heterocycles. The van der Waals surface area contributed by atoms with Gasteiger partial charge in [-0.3, -0.25) is 9.69 Å². The molecule has 0 aromatic heterocycles. The predicted octanol–water partition coefficient (Wildman–Crippen LogP) is 2.45. The number of hydrogen-bond acceptors (Lipinski definition) is 3. The molecule has 2 aliphatic rings. The van der Waals surface area contributed by atoms with Crippen molar-refractivity contribution in [2.45, 2.75) is 31.4 Å². The fourth-order valence-electron chi connectivity index (χ4n) is 3.00. The number of ether oxygens (including phenoxy) is 1. The highest BCUT2D eigenvalue weighted by atomic mass is 35.5. The minimum atomic E-state index is -0.502. The quantitative estimate of drug-likeness (QED) is 0.858. The van der Waals surface area contributed by atoms with Gasteiger partial charge in [0.2, 0.25) is 0 Å². The number of benzene rings is 1. The Bertz CT molecular complexity index is 523. The van der Waals surface area contributed by atoms with Crippen LogP contribution in [0.2, 0.25) is 5.02 Å². The second kappa shape index (κ2) is 5.80. The van der Waals surface area contributed by atoms with Gasteiger partial charge >= 0.3 is 0 Å². The van der Waals surface area contributed by atoms with Crippen LogP contribution in [0.1, 0.15) is 18.4 Å². The van der Waals surface area contributed by atoms with Gasteiger partial charge in [-0.1, -0.05) is 23.7 Å². The van der Waals surface area contributed by atoms with E-state index in [4.69, 9.17) is 16.3 Å². The van der Waals surface area contributed by atoms with E-state index in [1.807, 2.05) is 0 Å². The topological polar surface area (TPSA) is 29.5 Å². The molecule has 2 aliphatic heterocycles. The van der Waals surface area contributed by atoms with Gasteiger partial charge < -0.3 is 4.74 Å². The number of morpholine rings is 1. The lowest BCUT2D eigenvalue weighted by molar-refractivity contribution is -0.137. The molecule has 3 nitrogen and oxygen atoms in total. The summed E-state index contributed by atoms with van der Waals surface area (Å²) in [4.78, 5) is 14.6. The molecule has 0 spiro atoms. The van der Waals surface area contributed by atoms with Crippen molar-refractivity contribution in [3.63, 3.8) is 0 Å². The average Bonchev–Trinajstić information content (AvgIpc) is 2.91. The zero-order valence-electron chi connectivity index (χ0n) is 11.1. The van der Waals surface area contributed by atoms with E-state index in [1.165, 1.54) is 6.07 Å². The van der Waals surface area contributed by atoms with Gasteiger partial charge in [-0.15, -0.1) is 0 Å². The van der Waals surface area contributed by atoms with Crippen molar-refractivity contribution >= 4 is 17.4 Å². The monoisotopic (exact) mass is 297 g/mol. The molecule has 20 heavy (non-hydrogen) atoms. The third kappa shape index (κ3) is 2.73. The number of fused-ring (bicyclic) bond motifs is 1. The Labute approximate surface area is 122 Å². The molecule has 0 saturated carbocycles. The molecule has 3 rings (SSSR count). The molecular weight excluding hydrogens is 281 g/mol. The van der Waals surface area contributed by atoms with Crippen molar-refractivity contribution in [3.05, 3.63) is 34.6 Å². The number of ketones is 1. The van der Waals surface area contributed by atoms with Crippen molar-refractivity contribution in [1.82, 2.24) is 4.90 Å². The lowest BCUT2D eigenvalue weighted by Gasteiger charge is -2.34. The Morgan fingerprint density at radius 2 is 2.35 bits per heavy atom. The normalized spacial score (nSPS) is 26.5. The molecule has 108 valence electrons. The molecule has 2 heterocycles. The highest BCUT2D eigenvalue weighted by Gasteiger charge is 2.35. The van der Waals surface area contributed by atoms with E-state index in [9.17, 15) is 9.18 Å². The first-order chi connectivity index (χ1) is 9.65. The van der Waals surface area contributed by atoms with Gasteiger partial charge in [0, 0.05) is 19.0 Å². The summed E-state index contributed by atoms with van der Waals surface area (Å²) in [5.74, 6) is -0.575. The fourth-order valence-corrected chi connectivity index (χ4v) is 3.19. The molecule has 0 aliphatic carbocycles. The molecule has 5 heteroatoms. The summed E-state index contributed by atoms with van der Waals surface area (Å²) in [5.41, 5.74) is 0.342. The number of carbonyl (C=O) groups is 1. The van der Waals surface area contributed by atoms with Crippen LogP contribution in [0.25, 0.3) is 0 Å². The van der Waals surface area contributed by atoms with E-state index >= 15 is 0 Å². The standard InChI is InChI=1S/C15H17ClFNO2/c16-12-5-1-3-10(15(12)17)7-13(19)14-8-18-6-2-4-11(18)9-20-14/h1,3,5,11,14H,2,4,6-9H2. The van der Waals surface area contributed by atoms with Crippen molar-refractivity contribution in [2.24, 2.45) is 0 Å². The van der Waals surface area contributed by atoms with Crippen LogP contribution in [-0.4, -0.2) is 42.5 Å². The Morgan fingerprint density at radius 1 is 1.50 bits per heavy atom. The number of carbonyl (C=O) groups excluding carboxylic acids is 1. The SMILES string of the molecule is O=C(Cc1cccc(Cl)c1F)C1CN2CCCC2CO1. The number of hydrogen-bond donors (Lipinski definition) is 0. The molecule has 2 unspecified atom stereocenters. The number of nitrogens with zero attached hydrogens (tertiary/aromatic N) is 1. The summed E-state index contributed by atoms with van der Waals surface area (Å²) in [6, 6.07) is 5.20. The molecule has 2 fully saturated rings. The van der Waals surface area contributed by atoms with Gasteiger partial charge in [0.1, 0.15) is 11.9 Å². The summed E-state index contributed by atoms with van der Waals surface area (Å²) in [7, 11) is 0. The molecular formula is C15H17ClFNO2. The highest BCUT2D eigenvalue weighted by molar-refractivity contribution is 6.30. The minimum Gasteiger partial charge on any atom is -0.367 e. The van der Waals surface area contributed by atoms with Crippen LogP contribution < -0.4 is 0 Å². The van der Waals surface area contributed by atoms with E-state index in [1.54, 1.807) is 12.1 Å². The third-order valence-electron chi connectivity index (χ3n) is 4.14. The Kier molecular flexibility index (Phi) is 4.06. The van der Waals surface area contributed by atoms with Crippen LogP contribution in [0.15, 0.2) is 18.2 Å². The molecule has 1 aromatic carbocycles. The van der Waals surface area contributed by atoms with Gasteiger partial charge in [-0.25, -0.2) is 4.39 Å². The van der Waals surface area contributed by atoms with E-state index in [-0.39, 0.29) is 17.2 Å². The van der Waals surface area contributed by atoms with Gasteiger partial charge in [0.05, 0.1) is 11.6 Å². The second-order valence-corrected chi connectivity index (χ2v) is 5.88. The second-order valence-electron chi connectivity index (χ2n) is 5.47. The van der Waals surface area contributed by atoms with Crippen LogP contribution in [0, 0.1) is 5.82 Å². The van der Waals surface area contributed by atoms with Crippen LogP contribution in [-0.2, 0) is 16.0 Å². The zero-order chi connectivity index (χ0) is 14.1. The van der Waals surface area contributed by atoms with Crippen molar-refractivity contribution in [3.8, 4) is 0 Å². The number of halogens is 2. The van der Waals surface area contributed by atoms with Gasteiger partial charge in [0.15, 0.2) is 5.78 Å². The van der Waals surface area contributed by atoms with Gasteiger partial charge in [-0.2, -0.15) is 0 Å². The maximum atomic E-state index is 13.8. The molecule has 0 amide bonds. The Balaban J connectivity index is 1.66. The average molecular weight is 298 g/mol.